The van der Waals surface area contributed by atoms with Crippen LogP contribution in [-0.2, 0) is 4.79 Å². The molecule has 0 aromatic carbocycles. The van der Waals surface area contributed by atoms with E-state index in [2.05, 4.69) is 0 Å². The van der Waals surface area contributed by atoms with Gasteiger partial charge in [-0.2, -0.15) is 0 Å². The minimum Gasteiger partial charge on any atom is -1.00 e. The van der Waals surface area contributed by atoms with Gasteiger partial charge in [0.05, 0.1) is 5.92 Å². The van der Waals surface area contributed by atoms with Gasteiger partial charge in [-0.3, -0.25) is 4.79 Å². The molecule has 13 heavy (non-hydrogen) atoms. The van der Waals surface area contributed by atoms with Crippen LogP contribution in [0, 0.1) is 11.8 Å². The molecule has 0 heterocycles. The van der Waals surface area contributed by atoms with Crippen LogP contribution in [0.4, 0.5) is 0 Å². The molecule has 0 spiro atoms. The van der Waals surface area contributed by atoms with Gasteiger partial charge in [0.15, 0.2) is 0 Å². The topological polar surface area (TPSA) is 37.3 Å². The minimum atomic E-state index is -0.593. The summed E-state index contributed by atoms with van der Waals surface area (Å²) in [4.78, 5) is 10.8. The average Bonchev–Trinajstić information content (AvgIpc) is 2.07. The molecule has 1 N–H and O–H groups in total. The molecule has 1 atom stereocenters. The number of aliphatic carboxylic acids is 1. The number of carbonyl (C=O) groups is 1. The summed E-state index contributed by atoms with van der Waals surface area (Å²) in [5, 5.41) is 8.93. The third-order valence-electron chi connectivity index (χ3n) is 2.98. The Balaban J connectivity index is -0.000000480. The third-order valence-corrected chi connectivity index (χ3v) is 2.98. The summed E-state index contributed by atoms with van der Waals surface area (Å²) < 4.78 is 0. The Kier molecular flexibility index (Phi) is 7.94. The second kappa shape index (κ2) is 7.35. The normalized spacial score (nSPS) is 20.4. The van der Waals surface area contributed by atoms with Crippen LogP contribution in [-0.4, -0.2) is 60.0 Å². The molecule has 0 saturated heterocycles. The van der Waals surface area contributed by atoms with E-state index in [1.807, 2.05) is 6.92 Å². The van der Waals surface area contributed by atoms with Crippen molar-refractivity contribution < 1.29 is 12.8 Å². The average molecular weight is 310 g/mol. The van der Waals surface area contributed by atoms with Gasteiger partial charge >= 0.3 is 54.9 Å². The van der Waals surface area contributed by atoms with Crippen LogP contribution in [0.3, 0.4) is 0 Å². The van der Waals surface area contributed by atoms with Gasteiger partial charge in [-0.05, 0) is 25.2 Å². The first-order chi connectivity index (χ1) is 5.75. The maximum Gasteiger partial charge on any atom is 2.00 e. The number of hydrogen-bond donors (Lipinski definition) is 1. The van der Waals surface area contributed by atoms with Crippen LogP contribution in [0.5, 0.6) is 0 Å². The second-order valence-corrected chi connectivity index (χ2v) is 3.75. The summed E-state index contributed by atoms with van der Waals surface area (Å²) in [7, 11) is 0. The molecular weight excluding hydrogens is 289 g/mol. The molecule has 1 rings (SSSR count). The second-order valence-electron chi connectivity index (χ2n) is 3.75. The number of rotatable bonds is 3. The van der Waals surface area contributed by atoms with Crippen molar-refractivity contribution >= 4 is 54.9 Å². The van der Waals surface area contributed by atoms with Crippen LogP contribution in [0.2, 0.25) is 0 Å². The van der Waals surface area contributed by atoms with Crippen molar-refractivity contribution in [2.24, 2.45) is 11.8 Å². The fourth-order valence-electron chi connectivity index (χ4n) is 2.25. The maximum absolute atomic E-state index is 10.8. The largest absolute Gasteiger partial charge is 2.00 e. The first kappa shape index (κ1) is 14.0. The third kappa shape index (κ3) is 4.39. The van der Waals surface area contributed by atoms with Gasteiger partial charge in [0.1, 0.15) is 0 Å². The van der Waals surface area contributed by atoms with Crippen molar-refractivity contribution in [1.29, 1.82) is 0 Å². The SMILES string of the molecule is CCC(C(=O)O)C1CCCCC1.[Ba+2].[H-].[H-]. The zero-order valence-corrected chi connectivity index (χ0v) is 12.9. The van der Waals surface area contributed by atoms with E-state index in [-0.39, 0.29) is 57.7 Å². The molecular formula is C10H20BaO2. The Morgan fingerprint density at radius 2 is 2.00 bits per heavy atom. The van der Waals surface area contributed by atoms with E-state index in [9.17, 15) is 4.79 Å². The first-order valence-corrected chi connectivity index (χ1v) is 4.98. The fraction of sp³-hybridized carbons (Fsp3) is 0.900. The van der Waals surface area contributed by atoms with Crippen molar-refractivity contribution in [3.05, 3.63) is 0 Å². The molecule has 1 saturated carbocycles. The quantitative estimate of drug-likeness (QED) is 0.814. The van der Waals surface area contributed by atoms with Crippen LogP contribution in [0.15, 0.2) is 0 Å². The zero-order valence-electron chi connectivity index (χ0n) is 10.5. The summed E-state index contributed by atoms with van der Waals surface area (Å²) in [6.45, 7) is 1.98. The van der Waals surface area contributed by atoms with Crippen molar-refractivity contribution in [1.82, 2.24) is 0 Å². The molecule has 1 aliphatic carbocycles. The molecule has 0 aromatic rings. The molecule has 1 fully saturated rings. The molecule has 0 aromatic heterocycles. The molecule has 1 aliphatic rings. The molecule has 1 unspecified atom stereocenters. The van der Waals surface area contributed by atoms with E-state index in [0.717, 1.165) is 19.3 Å². The first-order valence-electron chi connectivity index (χ1n) is 4.98. The summed E-state index contributed by atoms with van der Waals surface area (Å²) >= 11 is 0. The molecule has 74 valence electrons. The van der Waals surface area contributed by atoms with Crippen LogP contribution < -0.4 is 0 Å². The number of carboxylic acids is 1. The molecule has 3 heteroatoms. The Morgan fingerprint density at radius 3 is 2.38 bits per heavy atom. The van der Waals surface area contributed by atoms with Crippen LogP contribution >= 0.6 is 0 Å². The minimum absolute atomic E-state index is 0. The Morgan fingerprint density at radius 1 is 1.46 bits per heavy atom. The standard InChI is InChI=1S/C10H18O2.Ba.2H/c1-2-9(10(11)12)8-6-4-3-5-7-8;;;/h8-9H,2-7H2,1H3,(H,11,12);;;/q;+2;2*-1. The summed E-state index contributed by atoms with van der Waals surface area (Å²) in [6, 6.07) is 0. The number of carboxylic acid groups (broad SMARTS) is 1. The van der Waals surface area contributed by atoms with Gasteiger partial charge < -0.3 is 7.96 Å². The van der Waals surface area contributed by atoms with E-state index >= 15 is 0 Å². The van der Waals surface area contributed by atoms with Crippen molar-refractivity contribution in [2.75, 3.05) is 0 Å². The van der Waals surface area contributed by atoms with Gasteiger partial charge in [0.2, 0.25) is 0 Å². The van der Waals surface area contributed by atoms with Crippen LogP contribution in [0.25, 0.3) is 0 Å². The number of hydrogen-bond acceptors (Lipinski definition) is 1. The van der Waals surface area contributed by atoms with Gasteiger partial charge in [-0.15, -0.1) is 0 Å². The van der Waals surface area contributed by atoms with E-state index in [1.165, 1.54) is 19.3 Å². The van der Waals surface area contributed by atoms with Gasteiger partial charge in [0.25, 0.3) is 0 Å². The Labute approximate surface area is 124 Å². The predicted octanol–water partition coefficient (Wildman–Crippen LogP) is 2.52. The van der Waals surface area contributed by atoms with E-state index < -0.39 is 5.97 Å². The van der Waals surface area contributed by atoms with Crippen LogP contribution in [0.1, 0.15) is 48.3 Å². The van der Waals surface area contributed by atoms with Crippen molar-refractivity contribution in [3.63, 3.8) is 0 Å². The van der Waals surface area contributed by atoms with E-state index in [1.54, 1.807) is 0 Å². The fourth-order valence-corrected chi connectivity index (χ4v) is 2.25. The molecule has 0 radical (unpaired) electrons. The smallest absolute Gasteiger partial charge is 1.00 e. The zero-order chi connectivity index (χ0) is 8.97. The van der Waals surface area contributed by atoms with Crippen molar-refractivity contribution in [3.8, 4) is 0 Å². The monoisotopic (exact) mass is 310 g/mol. The van der Waals surface area contributed by atoms with Gasteiger partial charge in [-0.1, -0.05) is 26.2 Å². The summed E-state index contributed by atoms with van der Waals surface area (Å²) in [5.41, 5.74) is 0. The van der Waals surface area contributed by atoms with Crippen molar-refractivity contribution in [2.45, 2.75) is 45.4 Å². The van der Waals surface area contributed by atoms with Gasteiger partial charge in [-0.25, -0.2) is 0 Å². The molecule has 2 nitrogen and oxygen atoms in total. The summed E-state index contributed by atoms with van der Waals surface area (Å²) in [6.07, 6.45) is 6.81. The van der Waals surface area contributed by atoms with E-state index in [0.29, 0.717) is 5.92 Å². The maximum atomic E-state index is 10.8. The predicted molar refractivity (Wildman–Crippen MR) is 56.0 cm³/mol. The molecule has 0 amide bonds. The summed E-state index contributed by atoms with van der Waals surface area (Å²) in [5.74, 6) is -0.212. The molecule has 0 aliphatic heterocycles. The van der Waals surface area contributed by atoms with Gasteiger partial charge in [0, 0.05) is 0 Å². The Bertz CT molecular complexity index is 162. The van der Waals surface area contributed by atoms with E-state index in [4.69, 9.17) is 5.11 Å². The Hall–Kier alpha value is 1.04. The molecule has 0 bridgehead atoms.